The second-order valence-electron chi connectivity index (χ2n) is 4.91. The second kappa shape index (κ2) is 6.60. The smallest absolute Gasteiger partial charge is 0.245 e. The van der Waals surface area contributed by atoms with Crippen molar-refractivity contribution in [2.24, 2.45) is 0 Å². The van der Waals surface area contributed by atoms with Crippen molar-refractivity contribution >= 4 is 10.0 Å². The molecule has 112 valence electrons. The molecular weight excluding hydrogens is 281 g/mol. The van der Waals surface area contributed by atoms with Crippen LogP contribution in [0.15, 0.2) is 23.4 Å². The number of nitrogens with one attached hydrogen (secondary N) is 1. The standard InChI is InChI=1S/C13H20FN3O2S/c1-2-15-9-12-5-3-4-6-17(12)20(18,19)13-7-11(14)8-16-10-13/h7-8,10,12,15H,2-6,9H2,1H3. The Morgan fingerprint density at radius 1 is 1.45 bits per heavy atom. The van der Waals surface area contributed by atoms with E-state index in [9.17, 15) is 12.8 Å². The molecule has 2 heterocycles. The minimum Gasteiger partial charge on any atom is -0.315 e. The van der Waals surface area contributed by atoms with E-state index in [2.05, 4.69) is 10.3 Å². The summed E-state index contributed by atoms with van der Waals surface area (Å²) in [6.07, 6.45) is 4.89. The van der Waals surface area contributed by atoms with Gasteiger partial charge in [-0.15, -0.1) is 0 Å². The normalized spacial score (nSPS) is 21.0. The Morgan fingerprint density at radius 2 is 2.25 bits per heavy atom. The first-order valence-corrected chi connectivity index (χ1v) is 8.33. The Kier molecular flexibility index (Phi) is 5.06. The van der Waals surface area contributed by atoms with Crippen LogP contribution in [-0.4, -0.2) is 43.4 Å². The lowest BCUT2D eigenvalue weighted by atomic mass is 10.1. The van der Waals surface area contributed by atoms with E-state index in [1.54, 1.807) is 0 Å². The number of aromatic nitrogens is 1. The molecule has 1 aliphatic rings. The molecular formula is C13H20FN3O2S. The van der Waals surface area contributed by atoms with Crippen molar-refractivity contribution in [3.05, 3.63) is 24.3 Å². The van der Waals surface area contributed by atoms with Gasteiger partial charge in [0.15, 0.2) is 0 Å². The lowest BCUT2D eigenvalue weighted by Crippen LogP contribution is -2.48. The largest absolute Gasteiger partial charge is 0.315 e. The topological polar surface area (TPSA) is 62.3 Å². The first-order valence-electron chi connectivity index (χ1n) is 6.89. The zero-order chi connectivity index (χ0) is 14.6. The number of halogens is 1. The lowest BCUT2D eigenvalue weighted by Gasteiger charge is -2.34. The molecule has 1 atom stereocenters. The molecule has 5 nitrogen and oxygen atoms in total. The van der Waals surface area contributed by atoms with Gasteiger partial charge in [-0.05, 0) is 25.5 Å². The van der Waals surface area contributed by atoms with Crippen molar-refractivity contribution in [3.8, 4) is 0 Å². The molecule has 1 unspecified atom stereocenters. The molecule has 0 aliphatic carbocycles. The van der Waals surface area contributed by atoms with Crippen LogP contribution in [0.3, 0.4) is 0 Å². The highest BCUT2D eigenvalue weighted by atomic mass is 32.2. The summed E-state index contributed by atoms with van der Waals surface area (Å²) in [7, 11) is -3.67. The summed E-state index contributed by atoms with van der Waals surface area (Å²) in [6.45, 7) is 3.89. The molecule has 1 saturated heterocycles. The highest BCUT2D eigenvalue weighted by molar-refractivity contribution is 7.89. The number of nitrogens with zero attached hydrogens (tertiary/aromatic N) is 2. The quantitative estimate of drug-likeness (QED) is 0.892. The first-order chi connectivity index (χ1) is 9.55. The van der Waals surface area contributed by atoms with Crippen molar-refractivity contribution in [2.75, 3.05) is 19.6 Å². The van der Waals surface area contributed by atoms with E-state index < -0.39 is 15.8 Å². The van der Waals surface area contributed by atoms with E-state index >= 15 is 0 Å². The molecule has 0 saturated carbocycles. The molecule has 0 radical (unpaired) electrons. The summed E-state index contributed by atoms with van der Waals surface area (Å²) in [6, 6.07) is 0.957. The van der Waals surface area contributed by atoms with Gasteiger partial charge < -0.3 is 5.32 Å². The fraction of sp³-hybridized carbons (Fsp3) is 0.615. The summed E-state index contributed by atoms with van der Waals surface area (Å²) >= 11 is 0. The van der Waals surface area contributed by atoms with Gasteiger partial charge in [-0.3, -0.25) is 4.98 Å². The monoisotopic (exact) mass is 301 g/mol. The van der Waals surface area contributed by atoms with E-state index in [4.69, 9.17) is 0 Å². The van der Waals surface area contributed by atoms with Crippen LogP contribution in [-0.2, 0) is 10.0 Å². The van der Waals surface area contributed by atoms with Gasteiger partial charge >= 0.3 is 0 Å². The second-order valence-corrected chi connectivity index (χ2v) is 6.80. The van der Waals surface area contributed by atoms with E-state index in [1.165, 1.54) is 10.5 Å². The van der Waals surface area contributed by atoms with Gasteiger partial charge in [0.2, 0.25) is 10.0 Å². The number of sulfonamides is 1. The molecule has 7 heteroatoms. The van der Waals surface area contributed by atoms with E-state index in [0.717, 1.165) is 38.1 Å². The predicted molar refractivity (Wildman–Crippen MR) is 74.3 cm³/mol. The Morgan fingerprint density at radius 3 is 2.95 bits per heavy atom. The third-order valence-electron chi connectivity index (χ3n) is 3.49. The first kappa shape index (κ1) is 15.3. The van der Waals surface area contributed by atoms with Crippen molar-refractivity contribution in [1.82, 2.24) is 14.6 Å². The van der Waals surface area contributed by atoms with Crippen LogP contribution in [0.2, 0.25) is 0 Å². The highest BCUT2D eigenvalue weighted by Crippen LogP contribution is 2.24. The van der Waals surface area contributed by atoms with Crippen LogP contribution in [0, 0.1) is 5.82 Å². The molecule has 20 heavy (non-hydrogen) atoms. The predicted octanol–water partition coefficient (Wildman–Crippen LogP) is 1.37. The fourth-order valence-electron chi connectivity index (χ4n) is 2.47. The minimum atomic E-state index is -3.67. The molecule has 0 aromatic carbocycles. The third-order valence-corrected chi connectivity index (χ3v) is 5.41. The van der Waals surface area contributed by atoms with Crippen molar-refractivity contribution in [1.29, 1.82) is 0 Å². The molecule has 0 bridgehead atoms. The average molecular weight is 301 g/mol. The maximum Gasteiger partial charge on any atom is 0.245 e. The molecule has 0 amide bonds. The van der Waals surface area contributed by atoms with E-state index in [-0.39, 0.29) is 10.9 Å². The van der Waals surface area contributed by atoms with Gasteiger partial charge in [0.1, 0.15) is 10.7 Å². The van der Waals surface area contributed by atoms with Crippen LogP contribution in [0.1, 0.15) is 26.2 Å². The average Bonchev–Trinajstić information content (AvgIpc) is 2.45. The highest BCUT2D eigenvalue weighted by Gasteiger charge is 2.33. The van der Waals surface area contributed by atoms with Crippen LogP contribution < -0.4 is 5.32 Å². The number of hydrogen-bond acceptors (Lipinski definition) is 4. The van der Waals surface area contributed by atoms with Crippen molar-refractivity contribution in [2.45, 2.75) is 37.1 Å². The van der Waals surface area contributed by atoms with Gasteiger partial charge in [0.25, 0.3) is 0 Å². The van der Waals surface area contributed by atoms with E-state index in [1.807, 2.05) is 6.92 Å². The molecule has 0 spiro atoms. The minimum absolute atomic E-state index is 0.0686. The van der Waals surface area contributed by atoms with Crippen LogP contribution in [0.5, 0.6) is 0 Å². The van der Waals surface area contributed by atoms with Gasteiger partial charge in [0.05, 0.1) is 6.20 Å². The third kappa shape index (κ3) is 3.34. The van der Waals surface area contributed by atoms with Crippen molar-refractivity contribution in [3.63, 3.8) is 0 Å². The number of rotatable bonds is 5. The molecule has 1 fully saturated rings. The summed E-state index contributed by atoms with van der Waals surface area (Å²) in [4.78, 5) is 3.57. The molecule has 1 aromatic heterocycles. The Labute approximate surface area is 119 Å². The van der Waals surface area contributed by atoms with E-state index in [0.29, 0.717) is 13.1 Å². The Hall–Kier alpha value is -1.05. The summed E-state index contributed by atoms with van der Waals surface area (Å²) < 4.78 is 39.9. The summed E-state index contributed by atoms with van der Waals surface area (Å²) in [5.41, 5.74) is 0. The zero-order valence-corrected chi connectivity index (χ0v) is 12.4. The van der Waals surface area contributed by atoms with Crippen LogP contribution >= 0.6 is 0 Å². The number of likely N-dealkylation sites (N-methyl/N-ethyl adjacent to an activating group) is 1. The van der Waals surface area contributed by atoms with Gasteiger partial charge in [-0.2, -0.15) is 4.31 Å². The van der Waals surface area contributed by atoms with Crippen LogP contribution in [0.25, 0.3) is 0 Å². The fourth-order valence-corrected chi connectivity index (χ4v) is 4.14. The summed E-state index contributed by atoms with van der Waals surface area (Å²) in [5, 5.41) is 3.19. The Balaban J connectivity index is 2.26. The van der Waals surface area contributed by atoms with Gasteiger partial charge in [-0.1, -0.05) is 13.3 Å². The molecule has 1 N–H and O–H groups in total. The zero-order valence-electron chi connectivity index (χ0n) is 11.5. The van der Waals surface area contributed by atoms with Crippen molar-refractivity contribution < 1.29 is 12.8 Å². The Bertz CT molecular complexity index is 550. The molecule has 1 aliphatic heterocycles. The number of piperidine rings is 1. The maximum atomic E-state index is 13.2. The lowest BCUT2D eigenvalue weighted by molar-refractivity contribution is 0.246. The number of pyridine rings is 1. The van der Waals surface area contributed by atoms with Gasteiger partial charge in [-0.25, -0.2) is 12.8 Å². The maximum absolute atomic E-state index is 13.2. The van der Waals surface area contributed by atoms with Gasteiger partial charge in [0, 0.05) is 25.3 Å². The number of hydrogen-bond donors (Lipinski definition) is 1. The molecule has 2 rings (SSSR count). The van der Waals surface area contributed by atoms with Crippen LogP contribution in [0.4, 0.5) is 4.39 Å². The molecule has 1 aromatic rings. The summed E-state index contributed by atoms with van der Waals surface area (Å²) in [5.74, 6) is -0.633. The SMILES string of the molecule is CCNCC1CCCCN1S(=O)(=O)c1cncc(F)c1.